The first-order valence-corrected chi connectivity index (χ1v) is 14.8. The molecule has 0 radical (unpaired) electrons. The van der Waals surface area contributed by atoms with Crippen molar-refractivity contribution in [3.05, 3.63) is 82.8 Å². The number of pyridine rings is 1. The predicted molar refractivity (Wildman–Crippen MR) is 157 cm³/mol. The van der Waals surface area contributed by atoms with Crippen LogP contribution in [0.1, 0.15) is 11.3 Å². The lowest BCUT2D eigenvalue weighted by molar-refractivity contribution is -0.689. The van der Waals surface area contributed by atoms with Crippen molar-refractivity contribution in [3.8, 4) is 5.75 Å². The highest BCUT2D eigenvalue weighted by atomic mass is 32.2. The summed E-state index contributed by atoms with van der Waals surface area (Å²) in [4.78, 5) is 61.3. The number of amides is 3. The van der Waals surface area contributed by atoms with E-state index >= 15 is 0 Å². The van der Waals surface area contributed by atoms with Crippen LogP contribution in [0, 0.1) is 0 Å². The van der Waals surface area contributed by atoms with Crippen LogP contribution < -0.4 is 19.9 Å². The third-order valence-corrected chi connectivity index (χ3v) is 8.65. The third-order valence-electron chi connectivity index (χ3n) is 6.53. The average Bonchev–Trinajstić information content (AvgIpc) is 3.50. The van der Waals surface area contributed by atoms with Gasteiger partial charge < -0.3 is 24.9 Å². The second kappa shape index (κ2) is 13.5. The number of thiazole rings is 1. The molecule has 2 aliphatic rings. The molecule has 5 rings (SSSR count). The van der Waals surface area contributed by atoms with Crippen LogP contribution in [0.15, 0.2) is 76.7 Å². The summed E-state index contributed by atoms with van der Waals surface area (Å²) >= 11 is 2.53. The van der Waals surface area contributed by atoms with Crippen LogP contribution >= 0.6 is 23.1 Å². The highest BCUT2D eigenvalue weighted by Gasteiger charge is 2.55. The first kappa shape index (κ1) is 29.7. The van der Waals surface area contributed by atoms with Crippen LogP contribution in [-0.2, 0) is 41.9 Å². The number of thioether (sulfide) groups is 1. The Morgan fingerprint density at radius 2 is 1.95 bits per heavy atom. The third kappa shape index (κ3) is 6.52. The van der Waals surface area contributed by atoms with Gasteiger partial charge in [-0.2, -0.15) is 0 Å². The number of methoxy groups -OCH3 is 1. The van der Waals surface area contributed by atoms with Gasteiger partial charge in [-0.15, -0.1) is 23.1 Å². The van der Waals surface area contributed by atoms with E-state index < -0.39 is 29.2 Å². The van der Waals surface area contributed by atoms with Crippen molar-refractivity contribution in [2.45, 2.75) is 24.6 Å². The Hall–Kier alpha value is -4.76. The quantitative estimate of drug-likeness (QED) is 0.0763. The molecular formula is C28H27N6O7S2+. The number of aromatic nitrogens is 2. The standard InChI is InChI=1S/C28H26N6O7S2/c1-39-19-8-6-17(7-9-19)13-41-27(38)23-18(12-33-10-4-3-5-11-33)14-42-26-22(25(37)34(23)26)31-24(36)21(32-40-2)20-15-43-28(30-20)29-16-35/h3-11,15-16,22,26H,12-14H2,1-2H3,(H-,29,30,31,35,36)/p+1/b32-21-. The molecule has 0 saturated carbocycles. The maximum Gasteiger partial charge on any atom is 0.355 e. The number of carbonyl (C=O) groups excluding carboxylic acids is 4. The number of β-lactam (4-membered cyclic amide) rings is 1. The van der Waals surface area contributed by atoms with Crippen LogP contribution in [0.4, 0.5) is 5.13 Å². The van der Waals surface area contributed by atoms with Crippen LogP contribution in [0.2, 0.25) is 0 Å². The number of nitrogens with one attached hydrogen (secondary N) is 2. The molecule has 2 aromatic heterocycles. The number of carbonyl (C=O) groups is 4. The minimum atomic E-state index is -0.930. The number of benzene rings is 1. The van der Waals surface area contributed by atoms with Crippen molar-refractivity contribution in [2.75, 3.05) is 25.3 Å². The highest BCUT2D eigenvalue weighted by Crippen LogP contribution is 2.41. The van der Waals surface area contributed by atoms with Crippen molar-refractivity contribution in [3.63, 3.8) is 0 Å². The molecule has 3 amide bonds. The number of rotatable bonds is 12. The molecule has 0 aliphatic carbocycles. The van der Waals surface area contributed by atoms with E-state index in [1.54, 1.807) is 31.4 Å². The summed E-state index contributed by atoms with van der Waals surface area (Å²) in [5, 5.41) is 10.1. The van der Waals surface area contributed by atoms with Gasteiger partial charge in [-0.1, -0.05) is 23.4 Å². The molecule has 13 nitrogen and oxygen atoms in total. The maximum absolute atomic E-state index is 13.5. The van der Waals surface area contributed by atoms with E-state index in [2.05, 4.69) is 20.8 Å². The number of oxime groups is 1. The zero-order valence-electron chi connectivity index (χ0n) is 23.1. The van der Waals surface area contributed by atoms with E-state index in [0.29, 0.717) is 24.5 Å². The van der Waals surface area contributed by atoms with Gasteiger partial charge in [0.2, 0.25) is 6.41 Å². The summed E-state index contributed by atoms with van der Waals surface area (Å²) in [5.41, 5.74) is 1.64. The molecular weight excluding hydrogens is 596 g/mol. The monoisotopic (exact) mass is 623 g/mol. The minimum Gasteiger partial charge on any atom is -0.497 e. The van der Waals surface area contributed by atoms with Crippen molar-refractivity contribution in [1.29, 1.82) is 0 Å². The summed E-state index contributed by atoms with van der Waals surface area (Å²) in [5.74, 6) is -0.679. The van der Waals surface area contributed by atoms with E-state index in [1.807, 2.05) is 35.2 Å². The first-order valence-electron chi connectivity index (χ1n) is 12.9. The van der Waals surface area contributed by atoms with Crippen LogP contribution in [0.25, 0.3) is 0 Å². The number of hydrogen-bond donors (Lipinski definition) is 2. The topological polar surface area (TPSA) is 152 Å². The molecule has 2 atom stereocenters. The Bertz CT molecular complexity index is 1580. The molecule has 1 saturated heterocycles. The molecule has 2 unspecified atom stereocenters. The molecule has 43 heavy (non-hydrogen) atoms. The Labute approximate surface area is 254 Å². The zero-order chi connectivity index (χ0) is 30.3. The molecule has 2 N–H and O–H groups in total. The minimum absolute atomic E-state index is 0.00350. The highest BCUT2D eigenvalue weighted by molar-refractivity contribution is 8.00. The second-order valence-corrected chi connectivity index (χ2v) is 11.2. The zero-order valence-corrected chi connectivity index (χ0v) is 24.7. The van der Waals surface area contributed by atoms with Crippen LogP contribution in [-0.4, -0.2) is 71.2 Å². The average molecular weight is 624 g/mol. The Kier molecular flexibility index (Phi) is 9.32. The fourth-order valence-corrected chi connectivity index (χ4v) is 6.49. The molecule has 1 fully saturated rings. The number of ether oxygens (including phenoxy) is 2. The number of fused-ring (bicyclic) bond motifs is 1. The van der Waals surface area contributed by atoms with Gasteiger partial charge in [0.15, 0.2) is 29.8 Å². The summed E-state index contributed by atoms with van der Waals surface area (Å²) in [7, 11) is 2.84. The fourth-order valence-electron chi connectivity index (χ4n) is 4.50. The molecule has 0 bridgehead atoms. The maximum atomic E-state index is 13.5. The van der Waals surface area contributed by atoms with E-state index in [1.165, 1.54) is 29.2 Å². The molecule has 15 heteroatoms. The lowest BCUT2D eigenvalue weighted by Gasteiger charge is -2.49. The largest absolute Gasteiger partial charge is 0.497 e. The van der Waals surface area contributed by atoms with Gasteiger partial charge in [-0.05, 0) is 17.7 Å². The lowest BCUT2D eigenvalue weighted by atomic mass is 10.0. The Morgan fingerprint density at radius 1 is 1.19 bits per heavy atom. The molecule has 4 heterocycles. The SMILES string of the molecule is CO/N=C(\C(=O)NC1C(=O)N2C(C(=O)OCc3ccc(OC)cc3)=C(C[n+]3ccccc3)CSC12)c1csc(NC=O)n1. The van der Waals surface area contributed by atoms with Crippen molar-refractivity contribution in [1.82, 2.24) is 15.2 Å². The van der Waals surface area contributed by atoms with Crippen LogP contribution in [0.5, 0.6) is 5.75 Å². The number of esters is 1. The van der Waals surface area contributed by atoms with E-state index in [0.717, 1.165) is 22.5 Å². The Balaban J connectivity index is 1.35. The van der Waals surface area contributed by atoms with Crippen molar-refractivity contribution >= 4 is 58.1 Å². The lowest BCUT2D eigenvalue weighted by Crippen LogP contribution is -2.71. The van der Waals surface area contributed by atoms with Gasteiger partial charge in [0.1, 0.15) is 42.3 Å². The molecule has 3 aromatic rings. The normalized spacial score (nSPS) is 17.9. The molecule has 1 aromatic carbocycles. The van der Waals surface area contributed by atoms with Gasteiger partial charge >= 0.3 is 5.97 Å². The smallest absolute Gasteiger partial charge is 0.355 e. The van der Waals surface area contributed by atoms with Gasteiger partial charge in [0.25, 0.3) is 11.8 Å². The van der Waals surface area contributed by atoms with E-state index in [-0.39, 0.29) is 28.8 Å². The van der Waals surface area contributed by atoms with E-state index in [9.17, 15) is 19.2 Å². The van der Waals surface area contributed by atoms with Crippen molar-refractivity contribution in [2.24, 2.45) is 5.16 Å². The number of nitrogens with zero attached hydrogens (tertiary/aromatic N) is 4. The van der Waals surface area contributed by atoms with Crippen LogP contribution in [0.3, 0.4) is 0 Å². The summed E-state index contributed by atoms with van der Waals surface area (Å²) in [6, 6.07) is 11.8. The van der Waals surface area contributed by atoms with Gasteiger partial charge in [0.05, 0.1) is 7.11 Å². The van der Waals surface area contributed by atoms with Gasteiger partial charge in [-0.25, -0.2) is 14.3 Å². The Morgan fingerprint density at radius 3 is 2.65 bits per heavy atom. The van der Waals surface area contributed by atoms with Gasteiger partial charge in [-0.3, -0.25) is 19.3 Å². The number of anilines is 1. The number of hydrogen-bond acceptors (Lipinski definition) is 11. The predicted octanol–water partition coefficient (Wildman–Crippen LogP) is 1.46. The molecule has 0 spiro atoms. The summed E-state index contributed by atoms with van der Waals surface area (Å²) in [6.07, 6.45) is 4.21. The summed E-state index contributed by atoms with van der Waals surface area (Å²) < 4.78 is 12.8. The molecule has 2 aliphatic heterocycles. The molecule has 222 valence electrons. The first-order chi connectivity index (χ1) is 20.9. The second-order valence-electron chi connectivity index (χ2n) is 9.21. The van der Waals surface area contributed by atoms with Crippen molar-refractivity contribution < 1.29 is 38.1 Å². The fraction of sp³-hybridized carbons (Fsp3) is 0.250. The van der Waals surface area contributed by atoms with E-state index in [4.69, 9.17) is 14.3 Å². The summed E-state index contributed by atoms with van der Waals surface area (Å²) in [6.45, 7) is 0.378. The van der Waals surface area contributed by atoms with Gasteiger partial charge in [0, 0.05) is 28.8 Å².